The van der Waals surface area contributed by atoms with Gasteiger partial charge in [-0.05, 0) is 83.5 Å². The van der Waals surface area contributed by atoms with Crippen LogP contribution in [0.15, 0.2) is 48.6 Å². The summed E-state index contributed by atoms with van der Waals surface area (Å²) in [7, 11) is 0. The molecular formula is C56H100O6. The van der Waals surface area contributed by atoms with Gasteiger partial charge in [0.05, 0.1) is 0 Å². The molecule has 0 amide bonds. The number of rotatable bonds is 48. The molecule has 0 aromatic heterocycles. The van der Waals surface area contributed by atoms with E-state index in [2.05, 4.69) is 69.4 Å². The summed E-state index contributed by atoms with van der Waals surface area (Å²) in [5.74, 6) is -0.921. The van der Waals surface area contributed by atoms with E-state index < -0.39 is 6.10 Å². The summed E-state index contributed by atoms with van der Waals surface area (Å²) >= 11 is 0. The van der Waals surface area contributed by atoms with Crippen molar-refractivity contribution in [2.75, 3.05) is 13.2 Å². The number of allylic oxidation sites excluding steroid dienone is 8. The fourth-order valence-corrected chi connectivity index (χ4v) is 7.50. The molecule has 6 heteroatoms. The maximum absolute atomic E-state index is 12.8. The summed E-state index contributed by atoms with van der Waals surface area (Å²) in [6.45, 7) is 6.58. The van der Waals surface area contributed by atoms with E-state index in [1.54, 1.807) is 0 Å². The molecule has 0 radical (unpaired) electrons. The standard InChI is InChI=1S/C56H100O6/c1-4-7-10-13-16-19-22-25-27-28-30-32-35-38-41-44-47-50-56(59)62-53(51-60-54(57)48-45-42-39-36-33-24-21-18-15-12-9-6-3)52-61-55(58)49-46-43-40-37-34-31-29-26-23-20-17-14-11-8-5-2/h17,20,25-27,29,34,37,53H,4-16,18-19,21-24,28,30-33,35-36,38-52H2,1-3H3/b20-17-,27-25-,29-26-,37-34-/t53-/m0/s1. The van der Waals surface area contributed by atoms with E-state index >= 15 is 0 Å². The van der Waals surface area contributed by atoms with Crippen molar-refractivity contribution in [3.63, 3.8) is 0 Å². The SMILES string of the molecule is CCCCC/C=C\C/C=C\C/C=C\CCCCC(=O)OC[C@H](COC(=O)CCCCCCCCCCCCCC)OC(=O)CCCCCCCCC/C=C\CCCCCCCC. The number of carbonyl (C=O) groups is 3. The van der Waals surface area contributed by atoms with Crippen molar-refractivity contribution in [2.45, 2.75) is 277 Å². The van der Waals surface area contributed by atoms with E-state index in [9.17, 15) is 14.4 Å². The van der Waals surface area contributed by atoms with Gasteiger partial charge in [0.15, 0.2) is 6.10 Å². The zero-order chi connectivity index (χ0) is 45.1. The Kier molecular flexibility index (Phi) is 48.8. The number of esters is 3. The number of ether oxygens (including phenoxy) is 3. The molecule has 0 saturated heterocycles. The molecule has 6 nitrogen and oxygen atoms in total. The van der Waals surface area contributed by atoms with Crippen LogP contribution < -0.4 is 0 Å². The molecule has 0 aliphatic rings. The summed E-state index contributed by atoms with van der Waals surface area (Å²) in [5.41, 5.74) is 0. The highest BCUT2D eigenvalue weighted by molar-refractivity contribution is 5.71. The quantitative estimate of drug-likeness (QED) is 0.0262. The van der Waals surface area contributed by atoms with Gasteiger partial charge < -0.3 is 14.2 Å². The molecule has 0 aliphatic carbocycles. The van der Waals surface area contributed by atoms with Crippen molar-refractivity contribution >= 4 is 17.9 Å². The predicted octanol–water partition coefficient (Wildman–Crippen LogP) is 17.5. The highest BCUT2D eigenvalue weighted by Crippen LogP contribution is 2.15. The minimum atomic E-state index is -0.787. The van der Waals surface area contributed by atoms with Crippen LogP contribution in [0.1, 0.15) is 271 Å². The van der Waals surface area contributed by atoms with E-state index in [1.807, 2.05) is 0 Å². The van der Waals surface area contributed by atoms with Crippen molar-refractivity contribution in [1.29, 1.82) is 0 Å². The lowest BCUT2D eigenvalue weighted by Crippen LogP contribution is -2.30. The van der Waals surface area contributed by atoms with Gasteiger partial charge in [-0.1, -0.05) is 217 Å². The largest absolute Gasteiger partial charge is 0.462 e. The van der Waals surface area contributed by atoms with Crippen molar-refractivity contribution in [3.8, 4) is 0 Å². The van der Waals surface area contributed by atoms with Gasteiger partial charge in [-0.2, -0.15) is 0 Å². The highest BCUT2D eigenvalue weighted by atomic mass is 16.6. The van der Waals surface area contributed by atoms with Crippen LogP contribution in [0.5, 0.6) is 0 Å². The Morgan fingerprint density at radius 2 is 0.581 bits per heavy atom. The molecule has 62 heavy (non-hydrogen) atoms. The normalized spacial score (nSPS) is 12.4. The van der Waals surface area contributed by atoms with Gasteiger partial charge in [0.1, 0.15) is 13.2 Å². The lowest BCUT2D eigenvalue weighted by atomic mass is 10.0. The average Bonchev–Trinajstić information content (AvgIpc) is 3.27. The van der Waals surface area contributed by atoms with Crippen LogP contribution in [-0.2, 0) is 28.6 Å². The minimum Gasteiger partial charge on any atom is -0.462 e. The Morgan fingerprint density at radius 3 is 0.984 bits per heavy atom. The Hall–Kier alpha value is -2.63. The van der Waals surface area contributed by atoms with Crippen LogP contribution in [0.25, 0.3) is 0 Å². The Balaban J connectivity index is 4.41. The third-order valence-electron chi connectivity index (χ3n) is 11.6. The first-order valence-corrected chi connectivity index (χ1v) is 26.6. The molecule has 0 heterocycles. The van der Waals surface area contributed by atoms with Gasteiger partial charge in [0.2, 0.25) is 0 Å². The number of hydrogen-bond donors (Lipinski definition) is 0. The van der Waals surface area contributed by atoms with Gasteiger partial charge in [0, 0.05) is 19.3 Å². The van der Waals surface area contributed by atoms with Crippen LogP contribution >= 0.6 is 0 Å². The fourth-order valence-electron chi connectivity index (χ4n) is 7.50. The van der Waals surface area contributed by atoms with Gasteiger partial charge in [-0.3, -0.25) is 14.4 Å². The van der Waals surface area contributed by atoms with Crippen LogP contribution in [0.2, 0.25) is 0 Å². The molecule has 360 valence electrons. The molecule has 0 bridgehead atoms. The molecule has 0 rings (SSSR count). The molecule has 0 aromatic carbocycles. The Labute approximate surface area is 384 Å². The predicted molar refractivity (Wildman–Crippen MR) is 265 cm³/mol. The number of carbonyl (C=O) groups excluding carboxylic acids is 3. The van der Waals surface area contributed by atoms with Crippen LogP contribution in [-0.4, -0.2) is 37.2 Å². The highest BCUT2D eigenvalue weighted by Gasteiger charge is 2.19. The van der Waals surface area contributed by atoms with Gasteiger partial charge in [0.25, 0.3) is 0 Å². The van der Waals surface area contributed by atoms with E-state index in [-0.39, 0.29) is 31.1 Å². The lowest BCUT2D eigenvalue weighted by molar-refractivity contribution is -0.167. The van der Waals surface area contributed by atoms with Crippen molar-refractivity contribution in [3.05, 3.63) is 48.6 Å². The Morgan fingerprint density at radius 1 is 0.323 bits per heavy atom. The topological polar surface area (TPSA) is 78.9 Å². The minimum absolute atomic E-state index is 0.0845. The van der Waals surface area contributed by atoms with E-state index in [1.165, 1.54) is 161 Å². The zero-order valence-electron chi connectivity index (χ0n) is 41.1. The average molecular weight is 869 g/mol. The van der Waals surface area contributed by atoms with E-state index in [0.29, 0.717) is 19.3 Å². The molecule has 0 fully saturated rings. The second kappa shape index (κ2) is 51.0. The maximum atomic E-state index is 12.8. The lowest BCUT2D eigenvalue weighted by Gasteiger charge is -2.18. The molecule has 0 saturated carbocycles. The molecule has 0 aliphatic heterocycles. The second-order valence-corrected chi connectivity index (χ2v) is 17.8. The first-order chi connectivity index (χ1) is 30.5. The van der Waals surface area contributed by atoms with E-state index in [4.69, 9.17) is 14.2 Å². The summed E-state index contributed by atoms with van der Waals surface area (Å²) in [4.78, 5) is 38.0. The smallest absolute Gasteiger partial charge is 0.306 e. The summed E-state index contributed by atoms with van der Waals surface area (Å²) in [6.07, 6.45) is 60.9. The zero-order valence-corrected chi connectivity index (χ0v) is 41.1. The molecule has 0 aromatic rings. The van der Waals surface area contributed by atoms with Crippen LogP contribution in [0.3, 0.4) is 0 Å². The third kappa shape index (κ3) is 48.4. The Bertz CT molecular complexity index is 1090. The van der Waals surface area contributed by atoms with Gasteiger partial charge >= 0.3 is 17.9 Å². The van der Waals surface area contributed by atoms with Gasteiger partial charge in [-0.15, -0.1) is 0 Å². The third-order valence-corrected chi connectivity index (χ3v) is 11.6. The molecular weight excluding hydrogens is 769 g/mol. The number of unbranched alkanes of at least 4 members (excludes halogenated alkanes) is 29. The van der Waals surface area contributed by atoms with Crippen molar-refractivity contribution in [2.24, 2.45) is 0 Å². The molecule has 0 unspecified atom stereocenters. The maximum Gasteiger partial charge on any atom is 0.306 e. The fraction of sp³-hybridized carbons (Fsp3) is 0.804. The summed E-state index contributed by atoms with van der Waals surface area (Å²) in [6, 6.07) is 0. The molecule has 1 atom stereocenters. The first-order valence-electron chi connectivity index (χ1n) is 26.6. The first kappa shape index (κ1) is 59.4. The second-order valence-electron chi connectivity index (χ2n) is 17.8. The molecule has 0 spiro atoms. The van der Waals surface area contributed by atoms with Crippen molar-refractivity contribution in [1.82, 2.24) is 0 Å². The van der Waals surface area contributed by atoms with Crippen LogP contribution in [0, 0.1) is 0 Å². The van der Waals surface area contributed by atoms with Crippen LogP contribution in [0.4, 0.5) is 0 Å². The van der Waals surface area contributed by atoms with Crippen molar-refractivity contribution < 1.29 is 28.6 Å². The number of hydrogen-bond acceptors (Lipinski definition) is 6. The summed E-state index contributed by atoms with van der Waals surface area (Å²) < 4.78 is 16.8. The van der Waals surface area contributed by atoms with Gasteiger partial charge in [-0.25, -0.2) is 0 Å². The molecule has 0 N–H and O–H groups in total. The summed E-state index contributed by atoms with van der Waals surface area (Å²) in [5, 5.41) is 0. The van der Waals surface area contributed by atoms with E-state index in [0.717, 1.165) is 70.6 Å². The monoisotopic (exact) mass is 869 g/mol.